The first-order valence-corrected chi connectivity index (χ1v) is 9.18. The molecule has 8 heteroatoms. The molecule has 148 valence electrons. The van der Waals surface area contributed by atoms with Gasteiger partial charge in [0.1, 0.15) is 18.1 Å². The number of carbonyl (C=O) groups excluding carboxylic acids is 1. The van der Waals surface area contributed by atoms with E-state index in [0.717, 1.165) is 11.1 Å². The molecule has 0 spiro atoms. The lowest BCUT2D eigenvalue weighted by Crippen LogP contribution is -2.34. The zero-order chi connectivity index (χ0) is 20.8. The number of H-pyrrole nitrogens is 1. The molecule has 0 radical (unpaired) electrons. The number of hydrogen-bond donors (Lipinski definition) is 1. The second-order valence-corrected chi connectivity index (χ2v) is 6.63. The third kappa shape index (κ3) is 4.89. The number of ether oxygens (including phenoxy) is 1. The van der Waals surface area contributed by atoms with Gasteiger partial charge in [0.25, 0.3) is 0 Å². The molecular formula is C21H19FN4O2S. The molecular weight excluding hydrogens is 391 g/mol. The molecule has 0 aliphatic carbocycles. The van der Waals surface area contributed by atoms with Gasteiger partial charge in [-0.2, -0.15) is 5.10 Å². The zero-order valence-electron chi connectivity index (χ0n) is 15.8. The minimum absolute atomic E-state index is 0.0282. The first-order valence-electron chi connectivity index (χ1n) is 8.77. The van der Waals surface area contributed by atoms with Crippen LogP contribution in [0.1, 0.15) is 5.56 Å². The number of rotatable bonds is 7. The van der Waals surface area contributed by atoms with Gasteiger partial charge < -0.3 is 9.64 Å². The fourth-order valence-electron chi connectivity index (χ4n) is 2.81. The van der Waals surface area contributed by atoms with Crippen molar-refractivity contribution in [2.45, 2.75) is 13.1 Å². The molecule has 1 N–H and O–H groups in total. The van der Waals surface area contributed by atoms with Gasteiger partial charge in [-0.1, -0.05) is 18.1 Å². The summed E-state index contributed by atoms with van der Waals surface area (Å²) in [5.41, 5.74) is 1.56. The average Bonchev–Trinajstić information content (AvgIpc) is 3.09. The van der Waals surface area contributed by atoms with Crippen molar-refractivity contribution < 1.29 is 13.9 Å². The van der Waals surface area contributed by atoms with Gasteiger partial charge in [0, 0.05) is 12.1 Å². The predicted octanol–water partition coefficient (Wildman–Crippen LogP) is 3.42. The van der Waals surface area contributed by atoms with E-state index >= 15 is 0 Å². The topological polar surface area (TPSA) is 63.1 Å². The van der Waals surface area contributed by atoms with Gasteiger partial charge in [0.05, 0.1) is 13.7 Å². The molecule has 2 aromatic carbocycles. The van der Waals surface area contributed by atoms with Crippen molar-refractivity contribution in [3.05, 3.63) is 64.7 Å². The predicted molar refractivity (Wildman–Crippen MR) is 110 cm³/mol. The lowest BCUT2D eigenvalue weighted by molar-refractivity contribution is -0.131. The molecule has 3 aromatic rings. The van der Waals surface area contributed by atoms with Crippen LogP contribution in [0.5, 0.6) is 5.75 Å². The van der Waals surface area contributed by atoms with E-state index in [1.165, 1.54) is 17.0 Å². The number of benzene rings is 2. The van der Waals surface area contributed by atoms with Crippen LogP contribution in [0.2, 0.25) is 0 Å². The largest absolute Gasteiger partial charge is 0.497 e. The Balaban J connectivity index is 1.82. The average molecular weight is 410 g/mol. The molecule has 29 heavy (non-hydrogen) atoms. The highest BCUT2D eigenvalue weighted by Crippen LogP contribution is 2.21. The third-order valence-corrected chi connectivity index (χ3v) is 4.63. The van der Waals surface area contributed by atoms with Gasteiger partial charge in [-0.3, -0.25) is 14.5 Å². The SMILES string of the molecule is C#CCN(Cc1ccc(F)cc1)C(=O)Cn1c(-c2ccc(OC)cc2)n[nH]c1=S. The summed E-state index contributed by atoms with van der Waals surface area (Å²) >= 11 is 5.30. The van der Waals surface area contributed by atoms with E-state index < -0.39 is 0 Å². The molecule has 0 saturated carbocycles. The van der Waals surface area contributed by atoms with Crippen molar-refractivity contribution in [2.24, 2.45) is 0 Å². The van der Waals surface area contributed by atoms with E-state index in [1.807, 2.05) is 12.1 Å². The Bertz CT molecular complexity index is 1080. The van der Waals surface area contributed by atoms with Gasteiger partial charge in [-0.15, -0.1) is 6.42 Å². The molecule has 3 rings (SSSR count). The highest BCUT2D eigenvalue weighted by atomic mass is 32.1. The first kappa shape index (κ1) is 20.3. The third-order valence-electron chi connectivity index (χ3n) is 4.32. The minimum atomic E-state index is -0.336. The van der Waals surface area contributed by atoms with Gasteiger partial charge in [0.2, 0.25) is 5.91 Å². The molecule has 6 nitrogen and oxygen atoms in total. The van der Waals surface area contributed by atoms with Crippen LogP contribution < -0.4 is 4.74 Å². The normalized spacial score (nSPS) is 10.4. The van der Waals surface area contributed by atoms with E-state index in [0.29, 0.717) is 16.3 Å². The van der Waals surface area contributed by atoms with Gasteiger partial charge >= 0.3 is 0 Å². The smallest absolute Gasteiger partial charge is 0.243 e. The standard InChI is InChI=1S/C21H19FN4O2S/c1-3-12-25(13-15-4-8-17(22)9-5-15)19(27)14-26-20(23-24-21(26)29)16-6-10-18(28-2)11-7-16/h1,4-11H,12-14H2,2H3,(H,24,29). The van der Waals surface area contributed by atoms with Crippen molar-refractivity contribution in [2.75, 3.05) is 13.7 Å². The summed E-state index contributed by atoms with van der Waals surface area (Å²) in [6, 6.07) is 13.2. The van der Waals surface area contributed by atoms with Gasteiger partial charge in [0.15, 0.2) is 10.6 Å². The molecule has 0 aliphatic rings. The number of methoxy groups -OCH3 is 1. The molecule has 1 heterocycles. The van der Waals surface area contributed by atoms with Crippen LogP contribution in [0.15, 0.2) is 48.5 Å². The van der Waals surface area contributed by atoms with Crippen LogP contribution >= 0.6 is 12.2 Å². The van der Waals surface area contributed by atoms with Crippen molar-refractivity contribution in [1.82, 2.24) is 19.7 Å². The minimum Gasteiger partial charge on any atom is -0.497 e. The quantitative estimate of drug-likeness (QED) is 0.479. The Morgan fingerprint density at radius 1 is 1.28 bits per heavy atom. The number of carbonyl (C=O) groups is 1. The second-order valence-electron chi connectivity index (χ2n) is 6.25. The highest BCUT2D eigenvalue weighted by molar-refractivity contribution is 7.71. The van der Waals surface area contributed by atoms with E-state index in [4.69, 9.17) is 23.4 Å². The molecule has 0 saturated heterocycles. The van der Waals surface area contributed by atoms with E-state index in [1.54, 1.807) is 35.9 Å². The Morgan fingerprint density at radius 2 is 1.97 bits per heavy atom. The van der Waals surface area contributed by atoms with Crippen LogP contribution in [0.25, 0.3) is 11.4 Å². The van der Waals surface area contributed by atoms with Gasteiger partial charge in [-0.05, 0) is 54.2 Å². The summed E-state index contributed by atoms with van der Waals surface area (Å²) < 4.78 is 20.2. The van der Waals surface area contributed by atoms with Gasteiger partial charge in [-0.25, -0.2) is 4.39 Å². The van der Waals surface area contributed by atoms with E-state index in [-0.39, 0.29) is 31.4 Å². The first-order chi connectivity index (χ1) is 14.0. The number of nitrogens with zero attached hydrogens (tertiary/aromatic N) is 3. The summed E-state index contributed by atoms with van der Waals surface area (Å²) in [6.45, 7) is 0.366. The molecule has 1 aromatic heterocycles. The Labute approximate surface area is 172 Å². The molecule has 0 unspecified atom stereocenters. The van der Waals surface area contributed by atoms with Crippen molar-refractivity contribution in [3.63, 3.8) is 0 Å². The number of halogens is 1. The van der Waals surface area contributed by atoms with Crippen LogP contribution in [-0.4, -0.2) is 39.2 Å². The number of hydrogen-bond acceptors (Lipinski definition) is 4. The number of aromatic nitrogens is 3. The summed E-state index contributed by atoms with van der Waals surface area (Å²) in [6.07, 6.45) is 5.43. The molecule has 1 amide bonds. The van der Waals surface area contributed by atoms with Crippen LogP contribution in [0, 0.1) is 22.9 Å². The highest BCUT2D eigenvalue weighted by Gasteiger charge is 2.18. The lowest BCUT2D eigenvalue weighted by Gasteiger charge is -2.21. The van der Waals surface area contributed by atoms with E-state index in [2.05, 4.69) is 16.1 Å². The number of aromatic amines is 1. The molecule has 0 aliphatic heterocycles. The van der Waals surface area contributed by atoms with Crippen LogP contribution in [0.4, 0.5) is 4.39 Å². The fraction of sp³-hybridized carbons (Fsp3) is 0.190. The van der Waals surface area contributed by atoms with E-state index in [9.17, 15) is 9.18 Å². The van der Waals surface area contributed by atoms with Crippen molar-refractivity contribution in [3.8, 4) is 29.5 Å². The van der Waals surface area contributed by atoms with Crippen molar-refractivity contribution >= 4 is 18.1 Å². The summed E-state index contributed by atoms with van der Waals surface area (Å²) in [5.74, 6) is 3.18. The summed E-state index contributed by atoms with van der Waals surface area (Å²) in [4.78, 5) is 14.4. The van der Waals surface area contributed by atoms with Crippen LogP contribution in [0.3, 0.4) is 0 Å². The Kier molecular flexibility index (Phi) is 6.42. The molecule has 0 bridgehead atoms. The Hall–Kier alpha value is -3.44. The number of terminal acetylenes is 1. The zero-order valence-corrected chi connectivity index (χ0v) is 16.6. The fourth-order valence-corrected chi connectivity index (χ4v) is 3.01. The second kappa shape index (κ2) is 9.17. The number of amides is 1. The molecule has 0 atom stereocenters. The van der Waals surface area contributed by atoms with Crippen molar-refractivity contribution in [1.29, 1.82) is 0 Å². The monoisotopic (exact) mass is 410 g/mol. The Morgan fingerprint density at radius 3 is 2.59 bits per heavy atom. The molecule has 0 fully saturated rings. The summed E-state index contributed by atoms with van der Waals surface area (Å²) in [7, 11) is 1.59. The van der Waals surface area contributed by atoms with Crippen LogP contribution in [-0.2, 0) is 17.9 Å². The maximum atomic E-state index is 13.1. The maximum absolute atomic E-state index is 13.1. The summed E-state index contributed by atoms with van der Waals surface area (Å²) in [5, 5.41) is 6.97. The maximum Gasteiger partial charge on any atom is 0.243 e. The number of nitrogens with one attached hydrogen (secondary N) is 1. The lowest BCUT2D eigenvalue weighted by atomic mass is 10.2.